The number of nitrogens with zero attached hydrogens (tertiary/aromatic N) is 4. The summed E-state index contributed by atoms with van der Waals surface area (Å²) in [6.07, 6.45) is 0. The molecule has 0 atom stereocenters. The first-order valence-electron chi connectivity index (χ1n) is 9.68. The van der Waals surface area contributed by atoms with Gasteiger partial charge in [0.15, 0.2) is 5.17 Å². The molecule has 0 bridgehead atoms. The molecule has 1 saturated heterocycles. The average Bonchev–Trinajstić information content (AvgIpc) is 3.25. The van der Waals surface area contributed by atoms with Gasteiger partial charge < -0.3 is 10.2 Å². The molecule has 1 N–H and O–H groups in total. The van der Waals surface area contributed by atoms with E-state index in [0.29, 0.717) is 27.9 Å². The third kappa shape index (κ3) is 3.55. The van der Waals surface area contributed by atoms with E-state index in [1.54, 1.807) is 28.8 Å². The lowest BCUT2D eigenvalue weighted by Gasteiger charge is -2.15. The molecule has 0 aliphatic carbocycles. The maximum Gasteiger partial charge on any atom is 0.269 e. The number of fused-ring (bicyclic) bond motifs is 1. The largest absolute Gasteiger partial charge is 0.384 e. The summed E-state index contributed by atoms with van der Waals surface area (Å²) in [6.45, 7) is 5.22. The van der Waals surface area contributed by atoms with Crippen molar-refractivity contribution in [3.8, 4) is 6.07 Å². The van der Waals surface area contributed by atoms with Crippen LogP contribution in [0.5, 0.6) is 0 Å². The fourth-order valence-electron chi connectivity index (χ4n) is 3.33. The summed E-state index contributed by atoms with van der Waals surface area (Å²) in [7, 11) is 1.99. The summed E-state index contributed by atoms with van der Waals surface area (Å²) >= 11 is 3.00. The Hall–Kier alpha value is -2.89. The number of hydrogen-bond donors (Lipinski definition) is 1. The minimum Gasteiger partial charge on any atom is -0.384 e. The highest BCUT2D eigenvalue weighted by Gasteiger charge is 2.38. The van der Waals surface area contributed by atoms with Crippen LogP contribution in [0.4, 0.5) is 17.1 Å². The molecule has 2 aromatic rings. The van der Waals surface area contributed by atoms with Crippen molar-refractivity contribution < 1.29 is 4.79 Å². The molecule has 0 aromatic heterocycles. The van der Waals surface area contributed by atoms with Crippen molar-refractivity contribution in [3.63, 3.8) is 0 Å². The van der Waals surface area contributed by atoms with Crippen molar-refractivity contribution in [2.24, 2.45) is 4.99 Å². The minimum absolute atomic E-state index is 0.0372. The first kappa shape index (κ1) is 20.4. The van der Waals surface area contributed by atoms with Crippen molar-refractivity contribution in [1.82, 2.24) is 4.90 Å². The molecule has 6 nitrogen and oxygen atoms in total. The van der Waals surface area contributed by atoms with E-state index in [1.165, 1.54) is 11.8 Å². The van der Waals surface area contributed by atoms with E-state index in [4.69, 9.17) is 4.99 Å². The lowest BCUT2D eigenvalue weighted by molar-refractivity contribution is -0.122. The van der Waals surface area contributed by atoms with Gasteiger partial charge in [-0.3, -0.25) is 9.69 Å². The van der Waals surface area contributed by atoms with Gasteiger partial charge >= 0.3 is 0 Å². The number of aliphatic imine (C=N–C) groups is 1. The van der Waals surface area contributed by atoms with Crippen molar-refractivity contribution >= 4 is 51.7 Å². The first-order valence-corrected chi connectivity index (χ1v) is 11.3. The Morgan fingerprint density at radius 2 is 1.97 bits per heavy atom. The van der Waals surface area contributed by atoms with Crippen LogP contribution in [0.25, 0.3) is 0 Å². The normalized spacial score (nSPS) is 19.4. The molecule has 0 spiro atoms. The van der Waals surface area contributed by atoms with Crippen molar-refractivity contribution in [3.05, 3.63) is 58.0 Å². The van der Waals surface area contributed by atoms with Crippen LogP contribution >= 0.6 is 23.5 Å². The minimum atomic E-state index is -0.0372. The van der Waals surface area contributed by atoms with E-state index in [2.05, 4.69) is 28.4 Å². The molecule has 2 aliphatic heterocycles. The summed E-state index contributed by atoms with van der Waals surface area (Å²) in [5, 5.41) is 14.1. The number of benzene rings is 2. The molecule has 0 unspecified atom stereocenters. The van der Waals surface area contributed by atoms with Gasteiger partial charge in [-0.1, -0.05) is 23.9 Å². The fraction of sp³-hybridized carbons (Fsp3) is 0.227. The number of amidine groups is 1. The Morgan fingerprint density at radius 1 is 1.17 bits per heavy atom. The number of para-hydroxylation sites is 1. The highest BCUT2D eigenvalue weighted by Crippen LogP contribution is 2.50. The summed E-state index contributed by atoms with van der Waals surface area (Å²) in [4.78, 5) is 23.6. The van der Waals surface area contributed by atoms with Gasteiger partial charge in [0.1, 0.15) is 4.91 Å². The number of likely N-dealkylation sites (N-methyl/N-ethyl adjacent to an activating group) is 1. The molecule has 152 valence electrons. The summed E-state index contributed by atoms with van der Waals surface area (Å²) in [5.41, 5.74) is 3.14. The second-order valence-electron chi connectivity index (χ2n) is 6.68. The number of thioether (sulfide) groups is 2. The highest BCUT2D eigenvalue weighted by molar-refractivity contribution is 8.19. The number of nitrogens with one attached hydrogen (secondary N) is 1. The molecule has 2 heterocycles. The molecule has 8 heteroatoms. The number of rotatable bonds is 4. The van der Waals surface area contributed by atoms with E-state index in [-0.39, 0.29) is 5.91 Å². The Morgan fingerprint density at radius 3 is 2.67 bits per heavy atom. The maximum absolute atomic E-state index is 13.2. The summed E-state index contributed by atoms with van der Waals surface area (Å²) < 4.78 is 0. The van der Waals surface area contributed by atoms with E-state index in [0.717, 1.165) is 27.8 Å². The summed E-state index contributed by atoms with van der Waals surface area (Å²) in [5.74, 6) is -0.0372. The molecular formula is C22H21N5OS2. The zero-order valence-electron chi connectivity index (χ0n) is 17.0. The molecule has 1 fully saturated rings. The van der Waals surface area contributed by atoms with Gasteiger partial charge in [0.25, 0.3) is 5.91 Å². The van der Waals surface area contributed by atoms with Gasteiger partial charge in [-0.2, -0.15) is 5.26 Å². The SMILES string of the molecule is CCNc1ccc(C#N)cc1/N=C1/S/C(=C2\Sc3ccccc3N2C)C(=O)N1CC. The number of carbonyl (C=O) groups is 1. The molecule has 2 aliphatic rings. The Labute approximate surface area is 184 Å². The third-order valence-corrected chi connectivity index (χ3v) is 7.25. The lowest BCUT2D eigenvalue weighted by atomic mass is 10.2. The van der Waals surface area contributed by atoms with Crippen LogP contribution in [-0.4, -0.2) is 36.1 Å². The van der Waals surface area contributed by atoms with E-state index < -0.39 is 0 Å². The molecule has 0 saturated carbocycles. The predicted octanol–water partition coefficient (Wildman–Crippen LogP) is 4.98. The van der Waals surface area contributed by atoms with Crippen LogP contribution in [0.2, 0.25) is 0 Å². The van der Waals surface area contributed by atoms with E-state index in [9.17, 15) is 10.1 Å². The maximum atomic E-state index is 13.2. The van der Waals surface area contributed by atoms with Crippen molar-refractivity contribution in [1.29, 1.82) is 5.26 Å². The highest BCUT2D eigenvalue weighted by atomic mass is 32.2. The van der Waals surface area contributed by atoms with Crippen LogP contribution in [0, 0.1) is 11.3 Å². The molecule has 0 radical (unpaired) electrons. The van der Waals surface area contributed by atoms with E-state index >= 15 is 0 Å². The second kappa shape index (κ2) is 8.46. The predicted molar refractivity (Wildman–Crippen MR) is 125 cm³/mol. The number of amides is 1. The Bertz CT molecular complexity index is 1120. The topological polar surface area (TPSA) is 71.7 Å². The molecule has 2 aromatic carbocycles. The summed E-state index contributed by atoms with van der Waals surface area (Å²) in [6, 6.07) is 15.7. The van der Waals surface area contributed by atoms with Crippen LogP contribution < -0.4 is 10.2 Å². The van der Waals surface area contributed by atoms with Gasteiger partial charge in [0.2, 0.25) is 0 Å². The van der Waals surface area contributed by atoms with Crippen LogP contribution in [0.3, 0.4) is 0 Å². The van der Waals surface area contributed by atoms with Crippen LogP contribution in [-0.2, 0) is 4.79 Å². The Balaban J connectivity index is 1.75. The smallest absolute Gasteiger partial charge is 0.269 e. The first-order chi connectivity index (χ1) is 14.6. The monoisotopic (exact) mass is 435 g/mol. The van der Waals surface area contributed by atoms with Crippen molar-refractivity contribution in [2.45, 2.75) is 18.7 Å². The van der Waals surface area contributed by atoms with E-state index in [1.807, 2.05) is 39.1 Å². The number of carbonyl (C=O) groups excluding carboxylic acids is 1. The number of hydrogen-bond acceptors (Lipinski definition) is 7. The average molecular weight is 436 g/mol. The van der Waals surface area contributed by atoms with Gasteiger partial charge in [-0.15, -0.1) is 0 Å². The van der Waals surface area contributed by atoms with Crippen LogP contribution in [0.1, 0.15) is 19.4 Å². The fourth-order valence-corrected chi connectivity index (χ4v) is 5.73. The van der Waals surface area contributed by atoms with Gasteiger partial charge in [0.05, 0.1) is 33.7 Å². The number of nitriles is 1. The zero-order valence-corrected chi connectivity index (χ0v) is 18.6. The van der Waals surface area contributed by atoms with Gasteiger partial charge in [-0.05, 0) is 55.9 Å². The second-order valence-corrected chi connectivity index (χ2v) is 8.69. The van der Waals surface area contributed by atoms with Crippen molar-refractivity contribution in [2.75, 3.05) is 30.4 Å². The van der Waals surface area contributed by atoms with Crippen LogP contribution in [0.15, 0.2) is 62.3 Å². The quantitative estimate of drug-likeness (QED) is 0.683. The number of anilines is 2. The third-order valence-electron chi connectivity index (χ3n) is 4.82. The standard InChI is InChI=1S/C22H21N5OS2/c1-4-24-15-11-10-14(13-23)12-16(15)25-22-27(5-2)20(28)19(30-22)21-26(3)17-8-6-7-9-18(17)29-21/h6-12,24H,4-5H2,1-3H3/b21-19-,25-22+. The lowest BCUT2D eigenvalue weighted by Crippen LogP contribution is -2.29. The molecule has 4 rings (SSSR count). The molecule has 1 amide bonds. The van der Waals surface area contributed by atoms with Gasteiger partial charge in [-0.25, -0.2) is 4.99 Å². The molecule has 30 heavy (non-hydrogen) atoms. The molecular weight excluding hydrogens is 414 g/mol. The zero-order chi connectivity index (χ0) is 21.3. The Kier molecular flexibility index (Phi) is 5.75. The van der Waals surface area contributed by atoms with Gasteiger partial charge in [0, 0.05) is 25.0 Å².